The van der Waals surface area contributed by atoms with Gasteiger partial charge in [0.15, 0.2) is 0 Å². The Bertz CT molecular complexity index is 879. The molecule has 2 aromatic carbocycles. The van der Waals surface area contributed by atoms with Crippen molar-refractivity contribution in [1.82, 2.24) is 4.31 Å². The minimum atomic E-state index is -4.11. The largest absolute Gasteiger partial charge is 0.545 e. The van der Waals surface area contributed by atoms with Crippen LogP contribution in [0.1, 0.15) is 10.4 Å². The predicted octanol–water partition coefficient (Wildman–Crippen LogP) is 0.700. The minimum absolute atomic E-state index is 0.187. The van der Waals surface area contributed by atoms with Crippen LogP contribution in [-0.4, -0.2) is 44.9 Å². The number of para-hydroxylation sites is 1. The number of benzene rings is 2. The van der Waals surface area contributed by atoms with E-state index >= 15 is 0 Å². The molecule has 1 saturated heterocycles. The number of carboxylic acid groups (broad SMARTS) is 1. The lowest BCUT2D eigenvalue weighted by Gasteiger charge is -2.35. The Kier molecular flexibility index (Phi) is 4.73. The highest BCUT2D eigenvalue weighted by Gasteiger charge is 2.31. The first kappa shape index (κ1) is 17.4. The summed E-state index contributed by atoms with van der Waals surface area (Å²) in [4.78, 5) is 12.3. The normalized spacial score (nSPS) is 16.0. The van der Waals surface area contributed by atoms with E-state index in [0.717, 1.165) is 23.9 Å². The Morgan fingerprint density at radius 1 is 1.00 bits per heavy atom. The van der Waals surface area contributed by atoms with Crippen LogP contribution in [0.15, 0.2) is 53.4 Å². The molecule has 0 unspecified atom stereocenters. The van der Waals surface area contributed by atoms with E-state index in [1.807, 2.05) is 35.2 Å². The monoisotopic (exact) mass is 363 g/mol. The molecule has 0 N–H and O–H groups in total. The standard InChI is InChI=1S/C17H17FN2O4S/c18-15-7-6-13(17(21)22)12-16(15)25(23,24)20-10-8-19(9-11-20)14-4-2-1-3-5-14/h1-7,12H,8-11H2,(H,21,22)/p-1. The maximum Gasteiger partial charge on any atom is 0.246 e. The number of piperazine rings is 1. The molecule has 8 heteroatoms. The summed E-state index contributed by atoms with van der Waals surface area (Å²) in [7, 11) is -4.11. The van der Waals surface area contributed by atoms with Gasteiger partial charge in [0.05, 0.1) is 5.97 Å². The number of sulfonamides is 1. The number of nitrogens with zero attached hydrogens (tertiary/aromatic N) is 2. The number of anilines is 1. The van der Waals surface area contributed by atoms with E-state index in [-0.39, 0.29) is 18.7 Å². The van der Waals surface area contributed by atoms with E-state index in [4.69, 9.17) is 0 Å². The zero-order valence-electron chi connectivity index (χ0n) is 13.3. The summed E-state index contributed by atoms with van der Waals surface area (Å²) in [6.45, 7) is 1.30. The number of halogens is 1. The Morgan fingerprint density at radius 2 is 1.64 bits per heavy atom. The fourth-order valence-corrected chi connectivity index (χ4v) is 4.31. The fourth-order valence-electron chi connectivity index (χ4n) is 2.79. The van der Waals surface area contributed by atoms with E-state index in [1.165, 1.54) is 4.31 Å². The van der Waals surface area contributed by atoms with Crippen molar-refractivity contribution in [1.29, 1.82) is 0 Å². The van der Waals surface area contributed by atoms with Crippen molar-refractivity contribution in [3.8, 4) is 0 Å². The van der Waals surface area contributed by atoms with Crippen LogP contribution in [0.4, 0.5) is 10.1 Å². The van der Waals surface area contributed by atoms with Gasteiger partial charge >= 0.3 is 0 Å². The quantitative estimate of drug-likeness (QED) is 0.799. The number of carbonyl (C=O) groups is 1. The molecule has 0 aliphatic carbocycles. The average molecular weight is 363 g/mol. The molecule has 6 nitrogen and oxygen atoms in total. The van der Waals surface area contributed by atoms with Gasteiger partial charge in [0.25, 0.3) is 0 Å². The molecule has 25 heavy (non-hydrogen) atoms. The maximum atomic E-state index is 14.0. The third-order valence-corrected chi connectivity index (χ3v) is 6.06. The number of aromatic carboxylic acids is 1. The van der Waals surface area contributed by atoms with Crippen LogP contribution in [0.25, 0.3) is 0 Å². The van der Waals surface area contributed by atoms with Crippen LogP contribution in [0.3, 0.4) is 0 Å². The molecule has 1 fully saturated rings. The molecule has 0 amide bonds. The number of carboxylic acids is 1. The van der Waals surface area contributed by atoms with Gasteiger partial charge in [0.1, 0.15) is 10.7 Å². The minimum Gasteiger partial charge on any atom is -0.545 e. The molecule has 3 rings (SSSR count). The lowest BCUT2D eigenvalue weighted by Crippen LogP contribution is -2.48. The van der Waals surface area contributed by atoms with Gasteiger partial charge < -0.3 is 14.8 Å². The number of carbonyl (C=O) groups excluding carboxylic acids is 1. The average Bonchev–Trinajstić information content (AvgIpc) is 2.62. The van der Waals surface area contributed by atoms with Gasteiger partial charge in [-0.25, -0.2) is 12.8 Å². The summed E-state index contributed by atoms with van der Waals surface area (Å²) < 4.78 is 40.5. The molecule has 0 spiro atoms. The molecule has 1 aliphatic heterocycles. The first-order valence-electron chi connectivity index (χ1n) is 7.70. The molecule has 0 bridgehead atoms. The van der Waals surface area contributed by atoms with Crippen LogP contribution >= 0.6 is 0 Å². The summed E-state index contributed by atoms with van der Waals surface area (Å²) in [5.41, 5.74) is 0.618. The van der Waals surface area contributed by atoms with Crippen LogP contribution < -0.4 is 10.0 Å². The van der Waals surface area contributed by atoms with E-state index in [2.05, 4.69) is 0 Å². The summed E-state index contributed by atoms with van der Waals surface area (Å²) in [6.07, 6.45) is 0. The van der Waals surface area contributed by atoms with E-state index in [0.29, 0.717) is 13.1 Å². The van der Waals surface area contributed by atoms with Crippen molar-refractivity contribution >= 4 is 21.7 Å². The lowest BCUT2D eigenvalue weighted by molar-refractivity contribution is -0.255. The van der Waals surface area contributed by atoms with Crippen LogP contribution in [0, 0.1) is 5.82 Å². The van der Waals surface area contributed by atoms with E-state index in [1.54, 1.807) is 0 Å². The highest BCUT2D eigenvalue weighted by molar-refractivity contribution is 7.89. The van der Waals surface area contributed by atoms with E-state index < -0.39 is 26.7 Å². The number of rotatable bonds is 4. The van der Waals surface area contributed by atoms with Gasteiger partial charge in [0.2, 0.25) is 10.0 Å². The third kappa shape index (κ3) is 3.49. The maximum absolute atomic E-state index is 14.0. The molecule has 0 atom stereocenters. The topological polar surface area (TPSA) is 80.7 Å². The van der Waals surface area contributed by atoms with Gasteiger partial charge in [0, 0.05) is 31.9 Å². The zero-order chi connectivity index (χ0) is 18.0. The lowest BCUT2D eigenvalue weighted by atomic mass is 10.2. The van der Waals surface area contributed by atoms with Crippen molar-refractivity contribution in [3.05, 3.63) is 59.9 Å². The molecule has 0 radical (unpaired) electrons. The molecule has 0 saturated carbocycles. The second-order valence-corrected chi connectivity index (χ2v) is 7.57. The second-order valence-electron chi connectivity index (χ2n) is 5.66. The van der Waals surface area contributed by atoms with Crippen molar-refractivity contribution in [3.63, 3.8) is 0 Å². The Labute approximate surface area is 145 Å². The molecule has 1 heterocycles. The molecule has 0 aromatic heterocycles. The third-order valence-electron chi connectivity index (χ3n) is 4.14. The van der Waals surface area contributed by atoms with Gasteiger partial charge in [-0.15, -0.1) is 0 Å². The predicted molar refractivity (Wildman–Crippen MR) is 88.1 cm³/mol. The SMILES string of the molecule is O=C([O-])c1ccc(F)c(S(=O)(=O)N2CCN(c3ccccc3)CC2)c1. The van der Waals surface area contributed by atoms with Gasteiger partial charge in [-0.2, -0.15) is 4.31 Å². The highest BCUT2D eigenvalue weighted by atomic mass is 32.2. The fraction of sp³-hybridized carbons (Fsp3) is 0.235. The summed E-state index contributed by atoms with van der Waals surface area (Å²) in [6, 6.07) is 12.2. The molecular formula is C17H16FN2O4S-. The number of hydrogen-bond acceptors (Lipinski definition) is 5. The number of hydrogen-bond donors (Lipinski definition) is 0. The highest BCUT2D eigenvalue weighted by Crippen LogP contribution is 2.23. The van der Waals surface area contributed by atoms with Gasteiger partial charge in [-0.1, -0.05) is 24.3 Å². The molecule has 132 valence electrons. The van der Waals surface area contributed by atoms with E-state index in [9.17, 15) is 22.7 Å². The van der Waals surface area contributed by atoms with Gasteiger partial charge in [-0.3, -0.25) is 0 Å². The summed E-state index contributed by atoms with van der Waals surface area (Å²) in [5.74, 6) is -2.53. The van der Waals surface area contributed by atoms with Crippen LogP contribution in [0.2, 0.25) is 0 Å². The second kappa shape index (κ2) is 6.81. The van der Waals surface area contributed by atoms with Crippen molar-refractivity contribution in [2.45, 2.75) is 4.90 Å². The van der Waals surface area contributed by atoms with Crippen molar-refractivity contribution < 1.29 is 22.7 Å². The Balaban J connectivity index is 1.81. The molecular weight excluding hydrogens is 347 g/mol. The smallest absolute Gasteiger partial charge is 0.246 e. The molecule has 2 aromatic rings. The van der Waals surface area contributed by atoms with Crippen molar-refractivity contribution in [2.75, 3.05) is 31.1 Å². The Hall–Kier alpha value is -2.45. The van der Waals surface area contributed by atoms with Crippen molar-refractivity contribution in [2.24, 2.45) is 0 Å². The first-order valence-corrected chi connectivity index (χ1v) is 9.14. The summed E-state index contributed by atoms with van der Waals surface area (Å²) in [5, 5.41) is 10.9. The van der Waals surface area contributed by atoms with Gasteiger partial charge in [-0.05, 0) is 29.8 Å². The summed E-state index contributed by atoms with van der Waals surface area (Å²) >= 11 is 0. The Morgan fingerprint density at radius 3 is 2.24 bits per heavy atom. The first-order chi connectivity index (χ1) is 11.9. The van der Waals surface area contributed by atoms with Crippen LogP contribution in [-0.2, 0) is 10.0 Å². The molecule has 1 aliphatic rings. The van der Waals surface area contributed by atoms with Crippen LogP contribution in [0.5, 0.6) is 0 Å². The zero-order valence-corrected chi connectivity index (χ0v) is 14.1.